The smallest absolute Gasteiger partial charge is 0.293 e. The van der Waals surface area contributed by atoms with Gasteiger partial charge >= 0.3 is 0 Å². The van der Waals surface area contributed by atoms with Gasteiger partial charge in [-0.3, -0.25) is 4.79 Å². The van der Waals surface area contributed by atoms with Gasteiger partial charge in [0.2, 0.25) is 0 Å². The molecule has 0 radical (unpaired) electrons. The number of nitrogens with zero attached hydrogens (tertiary/aromatic N) is 4. The van der Waals surface area contributed by atoms with Crippen LogP contribution in [0.15, 0.2) is 46.0 Å². The van der Waals surface area contributed by atoms with Gasteiger partial charge in [-0.25, -0.2) is 4.98 Å². The Morgan fingerprint density at radius 1 is 1.24 bits per heavy atom. The molecule has 0 unspecified atom stereocenters. The summed E-state index contributed by atoms with van der Waals surface area (Å²) in [6, 6.07) is 7.51. The number of benzene rings is 1. The van der Waals surface area contributed by atoms with Crippen LogP contribution in [0.25, 0.3) is 11.0 Å². The fourth-order valence-electron chi connectivity index (χ4n) is 2.91. The third kappa shape index (κ3) is 3.20. The molecule has 130 valence electrons. The fourth-order valence-corrected chi connectivity index (χ4v) is 2.91. The average Bonchev–Trinajstić information content (AvgIpc) is 3.07. The molecule has 2 aromatic heterocycles. The zero-order valence-electron chi connectivity index (χ0n) is 13.7. The fraction of sp³-hybridized carbons (Fsp3) is 0.353. The van der Waals surface area contributed by atoms with E-state index in [9.17, 15) is 4.79 Å². The predicted octanol–water partition coefficient (Wildman–Crippen LogP) is 0.873. The molecule has 4 rings (SSSR count). The van der Waals surface area contributed by atoms with E-state index in [1.807, 2.05) is 29.2 Å². The molecule has 3 heterocycles. The summed E-state index contributed by atoms with van der Waals surface area (Å²) in [7, 11) is 0. The lowest BCUT2D eigenvalue weighted by Crippen LogP contribution is -2.46. The summed E-state index contributed by atoms with van der Waals surface area (Å²) < 4.78 is 12.5. The Balaban J connectivity index is 1.45. The van der Waals surface area contributed by atoms with E-state index >= 15 is 0 Å². The van der Waals surface area contributed by atoms with Gasteiger partial charge in [-0.15, -0.1) is 0 Å². The zero-order chi connectivity index (χ0) is 17.1. The molecule has 1 aromatic carbocycles. The largest absolute Gasteiger partial charge is 0.473 e. The van der Waals surface area contributed by atoms with E-state index in [-0.39, 0.29) is 5.56 Å². The number of nitrogens with one attached hydrogen (secondary N) is 1. The molecule has 1 saturated heterocycles. The number of fused-ring (bicyclic) bond motifs is 1. The number of para-hydroxylation sites is 1. The number of hydrogen-bond acceptors (Lipinski definition) is 7. The van der Waals surface area contributed by atoms with E-state index in [0.29, 0.717) is 30.4 Å². The maximum atomic E-state index is 12.6. The van der Waals surface area contributed by atoms with Crippen molar-refractivity contribution in [3.8, 4) is 5.88 Å². The first-order chi connectivity index (χ1) is 12.3. The van der Waals surface area contributed by atoms with Gasteiger partial charge in [0.15, 0.2) is 11.4 Å². The summed E-state index contributed by atoms with van der Waals surface area (Å²) >= 11 is 0. The highest BCUT2D eigenvalue weighted by Crippen LogP contribution is 2.23. The first kappa shape index (κ1) is 15.6. The van der Waals surface area contributed by atoms with Crippen molar-refractivity contribution >= 4 is 16.8 Å². The highest BCUT2D eigenvalue weighted by molar-refractivity contribution is 5.81. The maximum absolute atomic E-state index is 12.6. The molecule has 8 heteroatoms. The van der Waals surface area contributed by atoms with Crippen molar-refractivity contribution in [2.45, 2.75) is 6.54 Å². The van der Waals surface area contributed by atoms with Gasteiger partial charge in [0.05, 0.1) is 11.9 Å². The Labute approximate surface area is 144 Å². The van der Waals surface area contributed by atoms with E-state index in [0.717, 1.165) is 31.6 Å². The molecule has 25 heavy (non-hydrogen) atoms. The lowest BCUT2D eigenvalue weighted by molar-refractivity contribution is 0.269. The Kier molecular flexibility index (Phi) is 4.34. The summed E-state index contributed by atoms with van der Waals surface area (Å²) in [6.45, 7) is 4.03. The van der Waals surface area contributed by atoms with Crippen LogP contribution in [0, 0.1) is 0 Å². The standard InChI is InChI=1S/C17H19N5O3/c23-17-15(21-8-5-18-6-9-21)19-7-10-22(17)11-12-24-16-13-3-1-2-4-14(13)25-20-16/h1-4,7,10,18H,5-6,8-9,11-12H2. The quantitative estimate of drug-likeness (QED) is 0.737. The van der Waals surface area contributed by atoms with Gasteiger partial charge < -0.3 is 24.0 Å². The van der Waals surface area contributed by atoms with Gasteiger partial charge in [-0.05, 0) is 17.3 Å². The molecule has 8 nitrogen and oxygen atoms in total. The van der Waals surface area contributed by atoms with Crippen LogP contribution < -0.4 is 20.5 Å². The number of ether oxygens (including phenoxy) is 1. The lowest BCUT2D eigenvalue weighted by Gasteiger charge is -2.27. The molecule has 0 atom stereocenters. The maximum Gasteiger partial charge on any atom is 0.293 e. The first-order valence-corrected chi connectivity index (χ1v) is 8.31. The van der Waals surface area contributed by atoms with Gasteiger partial charge in [-0.2, -0.15) is 0 Å². The second-order valence-electron chi connectivity index (χ2n) is 5.82. The molecular weight excluding hydrogens is 322 g/mol. The van der Waals surface area contributed by atoms with Crippen molar-refractivity contribution in [2.75, 3.05) is 37.7 Å². The zero-order valence-corrected chi connectivity index (χ0v) is 13.7. The van der Waals surface area contributed by atoms with E-state index in [1.165, 1.54) is 0 Å². The topological polar surface area (TPSA) is 85.4 Å². The van der Waals surface area contributed by atoms with Crippen molar-refractivity contribution in [1.82, 2.24) is 20.0 Å². The third-order valence-electron chi connectivity index (χ3n) is 4.23. The Morgan fingerprint density at radius 3 is 2.96 bits per heavy atom. The van der Waals surface area contributed by atoms with Crippen molar-refractivity contribution in [3.05, 3.63) is 47.0 Å². The van der Waals surface area contributed by atoms with Crippen LogP contribution in [0.5, 0.6) is 5.88 Å². The SMILES string of the molecule is O=c1c(N2CCNCC2)nccn1CCOc1noc2ccccc12. The number of hydrogen-bond donors (Lipinski definition) is 1. The van der Waals surface area contributed by atoms with Gasteiger partial charge in [0.1, 0.15) is 6.61 Å². The second-order valence-corrected chi connectivity index (χ2v) is 5.82. The minimum absolute atomic E-state index is 0.0991. The molecule has 0 saturated carbocycles. The predicted molar refractivity (Wildman–Crippen MR) is 93.1 cm³/mol. The minimum Gasteiger partial charge on any atom is -0.473 e. The number of piperazine rings is 1. The van der Waals surface area contributed by atoms with Crippen molar-refractivity contribution in [3.63, 3.8) is 0 Å². The molecule has 1 fully saturated rings. The summed E-state index contributed by atoms with van der Waals surface area (Å²) in [6.07, 6.45) is 3.34. The van der Waals surface area contributed by atoms with Gasteiger partial charge in [0, 0.05) is 38.6 Å². The Hall–Kier alpha value is -2.87. The third-order valence-corrected chi connectivity index (χ3v) is 4.23. The van der Waals surface area contributed by atoms with Crippen LogP contribution in [0.2, 0.25) is 0 Å². The van der Waals surface area contributed by atoms with Gasteiger partial charge in [0.25, 0.3) is 11.4 Å². The Morgan fingerprint density at radius 2 is 2.08 bits per heavy atom. The summed E-state index contributed by atoms with van der Waals surface area (Å²) in [4.78, 5) is 18.9. The van der Waals surface area contributed by atoms with Crippen LogP contribution >= 0.6 is 0 Å². The highest BCUT2D eigenvalue weighted by atomic mass is 16.5. The second kappa shape index (κ2) is 6.94. The molecule has 0 spiro atoms. The molecule has 3 aromatic rings. The number of aromatic nitrogens is 3. The molecule has 0 bridgehead atoms. The van der Waals surface area contributed by atoms with E-state index in [2.05, 4.69) is 15.5 Å². The number of rotatable bonds is 5. The normalized spacial score (nSPS) is 14.8. The van der Waals surface area contributed by atoms with E-state index in [4.69, 9.17) is 9.26 Å². The highest BCUT2D eigenvalue weighted by Gasteiger charge is 2.16. The van der Waals surface area contributed by atoms with Gasteiger partial charge in [-0.1, -0.05) is 12.1 Å². The van der Waals surface area contributed by atoms with Crippen LogP contribution in [-0.2, 0) is 6.54 Å². The molecular formula is C17H19N5O3. The van der Waals surface area contributed by atoms with Crippen molar-refractivity contribution in [2.24, 2.45) is 0 Å². The van der Waals surface area contributed by atoms with Crippen molar-refractivity contribution < 1.29 is 9.26 Å². The van der Waals surface area contributed by atoms with Crippen LogP contribution in [0.1, 0.15) is 0 Å². The monoisotopic (exact) mass is 341 g/mol. The lowest BCUT2D eigenvalue weighted by atomic mass is 10.3. The Bertz CT molecular complexity index is 914. The molecule has 1 aliphatic heterocycles. The summed E-state index contributed by atoms with van der Waals surface area (Å²) in [5.74, 6) is 0.941. The molecule has 0 aliphatic carbocycles. The van der Waals surface area contributed by atoms with Crippen LogP contribution in [-0.4, -0.2) is 47.5 Å². The first-order valence-electron chi connectivity index (χ1n) is 8.31. The summed E-state index contributed by atoms with van der Waals surface area (Å²) in [5, 5.41) is 8.02. The minimum atomic E-state index is -0.0991. The molecule has 1 N–H and O–H groups in total. The van der Waals surface area contributed by atoms with E-state index in [1.54, 1.807) is 17.0 Å². The molecule has 0 amide bonds. The molecule has 1 aliphatic rings. The number of anilines is 1. The van der Waals surface area contributed by atoms with E-state index < -0.39 is 0 Å². The summed E-state index contributed by atoms with van der Waals surface area (Å²) in [5.41, 5.74) is 0.581. The van der Waals surface area contributed by atoms with Crippen molar-refractivity contribution in [1.29, 1.82) is 0 Å². The average molecular weight is 341 g/mol. The van der Waals surface area contributed by atoms with Crippen LogP contribution in [0.4, 0.5) is 5.82 Å². The van der Waals surface area contributed by atoms with Crippen LogP contribution in [0.3, 0.4) is 0 Å².